The minimum Gasteiger partial charge on any atom is -0.387 e. The van der Waals surface area contributed by atoms with E-state index in [1.165, 1.54) is 0 Å². The number of hydrogen-bond donors (Lipinski definition) is 2. The Balaban J connectivity index is 1.81. The standard InChI is InChI=1S/C16H26N2O2/c1-2-20-15-7-9-18(10-8-15)12-16(19)14-5-3-13(11-17)4-6-14/h3-6,15-16,19H,2,7-12,17H2,1H3. The Morgan fingerprint density at radius 3 is 2.50 bits per heavy atom. The number of benzene rings is 1. The predicted octanol–water partition coefficient (Wildman–Crippen LogP) is 1.68. The molecule has 1 fully saturated rings. The Labute approximate surface area is 121 Å². The number of rotatable bonds is 6. The van der Waals surface area contributed by atoms with Crippen LogP contribution in [0.2, 0.25) is 0 Å². The maximum Gasteiger partial charge on any atom is 0.0916 e. The molecule has 1 heterocycles. The van der Waals surface area contributed by atoms with Crippen LogP contribution < -0.4 is 5.73 Å². The molecule has 1 atom stereocenters. The third-order valence-electron chi connectivity index (χ3n) is 3.97. The van der Waals surface area contributed by atoms with E-state index in [9.17, 15) is 5.11 Å². The second kappa shape index (κ2) is 7.74. The van der Waals surface area contributed by atoms with Crippen molar-refractivity contribution in [2.75, 3.05) is 26.2 Å². The molecule has 0 aromatic heterocycles. The Bertz CT molecular complexity index is 386. The van der Waals surface area contributed by atoms with Crippen LogP contribution >= 0.6 is 0 Å². The molecular weight excluding hydrogens is 252 g/mol. The fourth-order valence-corrected chi connectivity index (χ4v) is 2.72. The van der Waals surface area contributed by atoms with E-state index in [2.05, 4.69) is 4.90 Å². The topological polar surface area (TPSA) is 58.7 Å². The van der Waals surface area contributed by atoms with Crippen LogP contribution in [-0.2, 0) is 11.3 Å². The van der Waals surface area contributed by atoms with Crippen molar-refractivity contribution in [3.05, 3.63) is 35.4 Å². The van der Waals surface area contributed by atoms with Gasteiger partial charge < -0.3 is 20.5 Å². The molecule has 0 radical (unpaired) electrons. The lowest BCUT2D eigenvalue weighted by molar-refractivity contribution is 0.00328. The first-order valence-electron chi connectivity index (χ1n) is 7.53. The van der Waals surface area contributed by atoms with Gasteiger partial charge >= 0.3 is 0 Å². The average Bonchev–Trinajstić information content (AvgIpc) is 2.49. The van der Waals surface area contributed by atoms with Crippen LogP contribution in [-0.4, -0.2) is 42.4 Å². The molecule has 2 rings (SSSR count). The third kappa shape index (κ3) is 4.28. The van der Waals surface area contributed by atoms with Crippen molar-refractivity contribution in [3.63, 3.8) is 0 Å². The zero-order valence-corrected chi connectivity index (χ0v) is 12.3. The van der Waals surface area contributed by atoms with Crippen molar-refractivity contribution >= 4 is 0 Å². The van der Waals surface area contributed by atoms with E-state index >= 15 is 0 Å². The summed E-state index contributed by atoms with van der Waals surface area (Å²) in [5.41, 5.74) is 7.64. The van der Waals surface area contributed by atoms with E-state index in [1.807, 2.05) is 31.2 Å². The van der Waals surface area contributed by atoms with Gasteiger partial charge in [0.25, 0.3) is 0 Å². The van der Waals surface area contributed by atoms with Gasteiger partial charge in [0, 0.05) is 32.8 Å². The fraction of sp³-hybridized carbons (Fsp3) is 0.625. The molecule has 1 unspecified atom stereocenters. The van der Waals surface area contributed by atoms with Crippen LogP contribution in [0, 0.1) is 0 Å². The highest BCUT2D eigenvalue weighted by molar-refractivity contribution is 5.24. The van der Waals surface area contributed by atoms with Gasteiger partial charge in [-0.25, -0.2) is 0 Å². The average molecular weight is 278 g/mol. The molecule has 3 N–H and O–H groups in total. The molecule has 0 amide bonds. The zero-order chi connectivity index (χ0) is 14.4. The molecule has 0 spiro atoms. The lowest BCUT2D eigenvalue weighted by Gasteiger charge is -2.33. The molecule has 1 aromatic carbocycles. The van der Waals surface area contributed by atoms with Gasteiger partial charge in [0.2, 0.25) is 0 Å². The Morgan fingerprint density at radius 1 is 1.30 bits per heavy atom. The summed E-state index contributed by atoms with van der Waals surface area (Å²) >= 11 is 0. The number of piperidine rings is 1. The van der Waals surface area contributed by atoms with Gasteiger partial charge in [0.05, 0.1) is 12.2 Å². The second-order valence-corrected chi connectivity index (χ2v) is 5.42. The van der Waals surface area contributed by atoms with Gasteiger partial charge in [0.1, 0.15) is 0 Å². The summed E-state index contributed by atoms with van der Waals surface area (Å²) in [5, 5.41) is 10.3. The van der Waals surface area contributed by atoms with Crippen LogP contribution in [0.25, 0.3) is 0 Å². The summed E-state index contributed by atoms with van der Waals surface area (Å²) in [6, 6.07) is 7.92. The second-order valence-electron chi connectivity index (χ2n) is 5.42. The molecule has 0 bridgehead atoms. The predicted molar refractivity (Wildman–Crippen MR) is 80.4 cm³/mol. The fourth-order valence-electron chi connectivity index (χ4n) is 2.72. The number of nitrogens with zero attached hydrogens (tertiary/aromatic N) is 1. The molecule has 4 nitrogen and oxygen atoms in total. The molecule has 0 aliphatic carbocycles. The van der Waals surface area contributed by atoms with Crippen LogP contribution in [0.1, 0.15) is 37.0 Å². The van der Waals surface area contributed by atoms with Crippen molar-refractivity contribution in [1.82, 2.24) is 4.90 Å². The van der Waals surface area contributed by atoms with Crippen LogP contribution in [0.15, 0.2) is 24.3 Å². The highest BCUT2D eigenvalue weighted by Gasteiger charge is 2.21. The van der Waals surface area contributed by atoms with Crippen molar-refractivity contribution in [2.45, 2.75) is 38.5 Å². The number of nitrogens with two attached hydrogens (primary N) is 1. The Morgan fingerprint density at radius 2 is 1.95 bits per heavy atom. The minimum atomic E-state index is -0.425. The maximum absolute atomic E-state index is 10.3. The smallest absolute Gasteiger partial charge is 0.0916 e. The van der Waals surface area contributed by atoms with E-state index in [0.717, 1.165) is 43.7 Å². The maximum atomic E-state index is 10.3. The van der Waals surface area contributed by atoms with E-state index in [1.54, 1.807) is 0 Å². The molecule has 0 saturated carbocycles. The third-order valence-corrected chi connectivity index (χ3v) is 3.97. The minimum absolute atomic E-state index is 0.400. The van der Waals surface area contributed by atoms with Crippen molar-refractivity contribution in [1.29, 1.82) is 0 Å². The van der Waals surface area contributed by atoms with Crippen molar-refractivity contribution in [3.8, 4) is 0 Å². The molecule has 1 aromatic rings. The first-order chi connectivity index (χ1) is 9.72. The van der Waals surface area contributed by atoms with E-state index in [-0.39, 0.29) is 0 Å². The summed E-state index contributed by atoms with van der Waals surface area (Å²) in [6.07, 6.45) is 2.10. The van der Waals surface area contributed by atoms with Gasteiger partial charge in [-0.1, -0.05) is 24.3 Å². The summed E-state index contributed by atoms with van der Waals surface area (Å²) in [6.45, 7) is 6.08. The van der Waals surface area contributed by atoms with Crippen LogP contribution in [0.4, 0.5) is 0 Å². The quantitative estimate of drug-likeness (QED) is 0.831. The number of ether oxygens (including phenoxy) is 1. The number of hydrogen-bond acceptors (Lipinski definition) is 4. The van der Waals surface area contributed by atoms with Crippen LogP contribution in [0.5, 0.6) is 0 Å². The molecule has 1 aliphatic rings. The van der Waals surface area contributed by atoms with E-state index in [4.69, 9.17) is 10.5 Å². The molecule has 4 heteroatoms. The van der Waals surface area contributed by atoms with Crippen molar-refractivity contribution in [2.24, 2.45) is 5.73 Å². The van der Waals surface area contributed by atoms with Gasteiger partial charge in [0.15, 0.2) is 0 Å². The summed E-state index contributed by atoms with van der Waals surface area (Å²) in [7, 11) is 0. The summed E-state index contributed by atoms with van der Waals surface area (Å²) in [5.74, 6) is 0. The Kier molecular flexibility index (Phi) is 5.98. The first-order valence-corrected chi connectivity index (χ1v) is 7.53. The number of aliphatic hydroxyl groups is 1. The monoisotopic (exact) mass is 278 g/mol. The van der Waals surface area contributed by atoms with Gasteiger partial charge in [-0.3, -0.25) is 0 Å². The summed E-state index contributed by atoms with van der Waals surface area (Å²) in [4.78, 5) is 2.32. The van der Waals surface area contributed by atoms with E-state index < -0.39 is 6.10 Å². The first kappa shape index (κ1) is 15.4. The molecule has 1 aliphatic heterocycles. The van der Waals surface area contributed by atoms with Crippen LogP contribution in [0.3, 0.4) is 0 Å². The highest BCUT2D eigenvalue weighted by atomic mass is 16.5. The Hall–Kier alpha value is -0.940. The van der Waals surface area contributed by atoms with Gasteiger partial charge in [-0.05, 0) is 30.9 Å². The molecule has 20 heavy (non-hydrogen) atoms. The largest absolute Gasteiger partial charge is 0.387 e. The highest BCUT2D eigenvalue weighted by Crippen LogP contribution is 2.19. The number of aliphatic hydroxyl groups excluding tert-OH is 1. The normalized spacial score (nSPS) is 19.1. The number of β-amino-alcohol motifs (C(OH)–C–C–N with tert-alkyl or cyclic N) is 1. The lowest BCUT2D eigenvalue weighted by Crippen LogP contribution is -2.39. The molecule has 112 valence electrons. The molecule has 1 saturated heterocycles. The van der Waals surface area contributed by atoms with Gasteiger partial charge in [-0.2, -0.15) is 0 Å². The van der Waals surface area contributed by atoms with E-state index in [0.29, 0.717) is 19.2 Å². The molecular formula is C16H26N2O2. The number of likely N-dealkylation sites (tertiary alicyclic amines) is 1. The summed E-state index contributed by atoms with van der Waals surface area (Å²) < 4.78 is 5.65. The van der Waals surface area contributed by atoms with Gasteiger partial charge in [-0.15, -0.1) is 0 Å². The SMILES string of the molecule is CCOC1CCN(CC(O)c2ccc(CN)cc2)CC1. The van der Waals surface area contributed by atoms with Crippen molar-refractivity contribution < 1.29 is 9.84 Å². The lowest BCUT2D eigenvalue weighted by atomic mass is 10.0. The zero-order valence-electron chi connectivity index (χ0n) is 12.3.